The molecule has 2 aromatic rings. The van der Waals surface area contributed by atoms with E-state index in [2.05, 4.69) is 16.5 Å². The predicted octanol–water partition coefficient (Wildman–Crippen LogP) is 1.84. The SMILES string of the molecule is N#Cc1cccc(CNCc2ccon2)c1. The zero-order chi connectivity index (χ0) is 11.2. The number of hydrogen-bond acceptors (Lipinski definition) is 4. The molecule has 1 aromatic heterocycles. The molecule has 0 amide bonds. The van der Waals surface area contributed by atoms with Gasteiger partial charge >= 0.3 is 0 Å². The number of nitrogens with one attached hydrogen (secondary N) is 1. The normalized spacial score (nSPS) is 9.94. The van der Waals surface area contributed by atoms with E-state index < -0.39 is 0 Å². The summed E-state index contributed by atoms with van der Waals surface area (Å²) in [7, 11) is 0. The minimum absolute atomic E-state index is 0.660. The summed E-state index contributed by atoms with van der Waals surface area (Å²) in [4.78, 5) is 0. The number of nitrogens with zero attached hydrogens (tertiary/aromatic N) is 2. The van der Waals surface area contributed by atoms with Crippen LogP contribution in [0, 0.1) is 11.3 Å². The van der Waals surface area contributed by atoms with Gasteiger partial charge < -0.3 is 9.84 Å². The third kappa shape index (κ3) is 2.69. The van der Waals surface area contributed by atoms with Crippen LogP contribution in [0.15, 0.2) is 41.1 Å². The van der Waals surface area contributed by atoms with Crippen LogP contribution in [-0.4, -0.2) is 5.16 Å². The van der Waals surface area contributed by atoms with Crippen LogP contribution >= 0.6 is 0 Å². The summed E-state index contributed by atoms with van der Waals surface area (Å²) in [5, 5.41) is 15.8. The summed E-state index contributed by atoms with van der Waals surface area (Å²) in [5.41, 5.74) is 2.64. The Morgan fingerprint density at radius 1 is 1.31 bits per heavy atom. The molecule has 0 fully saturated rings. The fourth-order valence-electron chi connectivity index (χ4n) is 1.41. The molecule has 0 aliphatic rings. The summed E-state index contributed by atoms with van der Waals surface area (Å²) in [6, 6.07) is 11.5. The van der Waals surface area contributed by atoms with Gasteiger partial charge in [0.05, 0.1) is 17.3 Å². The van der Waals surface area contributed by atoms with E-state index >= 15 is 0 Å². The van der Waals surface area contributed by atoms with E-state index in [1.54, 1.807) is 12.3 Å². The average molecular weight is 213 g/mol. The molecule has 0 atom stereocenters. The Hall–Kier alpha value is -2.12. The van der Waals surface area contributed by atoms with Crippen molar-refractivity contribution in [3.05, 3.63) is 53.4 Å². The zero-order valence-electron chi connectivity index (χ0n) is 8.68. The number of nitriles is 1. The number of aromatic nitrogens is 1. The molecule has 0 aliphatic heterocycles. The van der Waals surface area contributed by atoms with Crippen molar-refractivity contribution in [1.82, 2.24) is 10.5 Å². The maximum absolute atomic E-state index is 8.74. The largest absolute Gasteiger partial charge is 0.364 e. The maximum Gasteiger partial charge on any atom is 0.124 e. The lowest BCUT2D eigenvalue weighted by Gasteiger charge is -2.02. The standard InChI is InChI=1S/C12H11N3O/c13-7-10-2-1-3-11(6-10)8-14-9-12-4-5-16-15-12/h1-6,14H,8-9H2. The van der Waals surface area contributed by atoms with Gasteiger partial charge in [0.25, 0.3) is 0 Å². The molecule has 4 nitrogen and oxygen atoms in total. The van der Waals surface area contributed by atoms with E-state index in [1.165, 1.54) is 0 Å². The first kappa shape index (κ1) is 10.4. The van der Waals surface area contributed by atoms with E-state index in [0.29, 0.717) is 18.7 Å². The highest BCUT2D eigenvalue weighted by molar-refractivity contribution is 5.32. The Balaban J connectivity index is 1.88. The molecule has 0 saturated heterocycles. The third-order valence-electron chi connectivity index (χ3n) is 2.18. The molecule has 1 aromatic carbocycles. The fraction of sp³-hybridized carbons (Fsp3) is 0.167. The van der Waals surface area contributed by atoms with Gasteiger partial charge in [-0.05, 0) is 17.7 Å². The van der Waals surface area contributed by atoms with Gasteiger partial charge in [-0.3, -0.25) is 0 Å². The summed E-state index contributed by atoms with van der Waals surface area (Å²) in [6.07, 6.45) is 1.55. The van der Waals surface area contributed by atoms with Gasteiger partial charge in [0.2, 0.25) is 0 Å². The molecule has 1 heterocycles. The molecule has 4 heteroatoms. The van der Waals surface area contributed by atoms with E-state index in [9.17, 15) is 0 Å². The molecule has 0 radical (unpaired) electrons. The molecule has 16 heavy (non-hydrogen) atoms. The molecule has 0 unspecified atom stereocenters. The molecular weight excluding hydrogens is 202 g/mol. The highest BCUT2D eigenvalue weighted by atomic mass is 16.5. The van der Waals surface area contributed by atoms with Crippen LogP contribution in [0.2, 0.25) is 0 Å². The molecule has 0 spiro atoms. The monoisotopic (exact) mass is 213 g/mol. The van der Waals surface area contributed by atoms with Gasteiger partial charge in [-0.1, -0.05) is 17.3 Å². The Labute approximate surface area is 93.5 Å². The van der Waals surface area contributed by atoms with Crippen molar-refractivity contribution in [2.75, 3.05) is 0 Å². The number of hydrogen-bond donors (Lipinski definition) is 1. The number of benzene rings is 1. The predicted molar refractivity (Wildman–Crippen MR) is 58.2 cm³/mol. The Morgan fingerprint density at radius 2 is 2.25 bits per heavy atom. The van der Waals surface area contributed by atoms with Gasteiger partial charge in [0.1, 0.15) is 6.26 Å². The summed E-state index contributed by atoms with van der Waals surface area (Å²) >= 11 is 0. The fourth-order valence-corrected chi connectivity index (χ4v) is 1.41. The molecule has 80 valence electrons. The second-order valence-corrected chi connectivity index (χ2v) is 3.41. The molecule has 0 bridgehead atoms. The van der Waals surface area contributed by atoms with E-state index in [4.69, 9.17) is 9.78 Å². The van der Waals surface area contributed by atoms with E-state index in [0.717, 1.165) is 11.3 Å². The van der Waals surface area contributed by atoms with Gasteiger partial charge in [0, 0.05) is 19.2 Å². The highest BCUT2D eigenvalue weighted by Gasteiger charge is 1.97. The van der Waals surface area contributed by atoms with Crippen LogP contribution in [0.3, 0.4) is 0 Å². The van der Waals surface area contributed by atoms with Crippen LogP contribution in [0.1, 0.15) is 16.8 Å². The third-order valence-corrected chi connectivity index (χ3v) is 2.18. The van der Waals surface area contributed by atoms with Crippen LogP contribution in [0.5, 0.6) is 0 Å². The lowest BCUT2D eigenvalue weighted by atomic mass is 10.1. The van der Waals surface area contributed by atoms with Gasteiger partial charge in [-0.15, -0.1) is 0 Å². The molecule has 0 saturated carbocycles. The maximum atomic E-state index is 8.74. The molecule has 2 rings (SSSR count). The minimum Gasteiger partial charge on any atom is -0.364 e. The first-order valence-electron chi connectivity index (χ1n) is 4.97. The zero-order valence-corrected chi connectivity index (χ0v) is 8.68. The average Bonchev–Trinajstić information content (AvgIpc) is 2.82. The molecular formula is C12H11N3O. The van der Waals surface area contributed by atoms with Gasteiger partial charge in [-0.2, -0.15) is 5.26 Å². The lowest BCUT2D eigenvalue weighted by Crippen LogP contribution is -2.12. The van der Waals surface area contributed by atoms with Crippen molar-refractivity contribution in [3.8, 4) is 6.07 Å². The first-order chi connectivity index (χ1) is 7.88. The Kier molecular flexibility index (Phi) is 3.31. The van der Waals surface area contributed by atoms with Gasteiger partial charge in [-0.25, -0.2) is 0 Å². The topological polar surface area (TPSA) is 61.9 Å². The van der Waals surface area contributed by atoms with Crippen molar-refractivity contribution in [2.45, 2.75) is 13.1 Å². The van der Waals surface area contributed by atoms with Crippen molar-refractivity contribution >= 4 is 0 Å². The summed E-state index contributed by atoms with van der Waals surface area (Å²) in [6.45, 7) is 1.37. The van der Waals surface area contributed by atoms with Crippen LogP contribution in [0.4, 0.5) is 0 Å². The number of rotatable bonds is 4. The smallest absolute Gasteiger partial charge is 0.124 e. The molecule has 0 aliphatic carbocycles. The second-order valence-electron chi connectivity index (χ2n) is 3.41. The highest BCUT2D eigenvalue weighted by Crippen LogP contribution is 2.04. The quantitative estimate of drug-likeness (QED) is 0.841. The Bertz CT molecular complexity index is 485. The first-order valence-corrected chi connectivity index (χ1v) is 4.97. The van der Waals surface area contributed by atoms with Crippen molar-refractivity contribution in [2.24, 2.45) is 0 Å². The van der Waals surface area contributed by atoms with Crippen LogP contribution in [-0.2, 0) is 13.1 Å². The lowest BCUT2D eigenvalue weighted by molar-refractivity contribution is 0.408. The van der Waals surface area contributed by atoms with E-state index in [-0.39, 0.29) is 0 Å². The van der Waals surface area contributed by atoms with Crippen LogP contribution in [0.25, 0.3) is 0 Å². The van der Waals surface area contributed by atoms with Crippen molar-refractivity contribution in [3.63, 3.8) is 0 Å². The molecule has 1 N–H and O–H groups in total. The van der Waals surface area contributed by atoms with Crippen LogP contribution < -0.4 is 5.32 Å². The Morgan fingerprint density at radius 3 is 3.00 bits per heavy atom. The van der Waals surface area contributed by atoms with E-state index in [1.807, 2.05) is 24.3 Å². The summed E-state index contributed by atoms with van der Waals surface area (Å²) in [5.74, 6) is 0. The summed E-state index contributed by atoms with van der Waals surface area (Å²) < 4.78 is 4.72. The van der Waals surface area contributed by atoms with Gasteiger partial charge in [0.15, 0.2) is 0 Å². The van der Waals surface area contributed by atoms with Crippen molar-refractivity contribution in [1.29, 1.82) is 5.26 Å². The second kappa shape index (κ2) is 5.10. The minimum atomic E-state index is 0.660. The van der Waals surface area contributed by atoms with Crippen molar-refractivity contribution < 1.29 is 4.52 Å².